The molecule has 1 aliphatic rings. The Morgan fingerprint density at radius 3 is 2.77 bits per heavy atom. The molecular formula is C21H23ClFN5O2. The fourth-order valence-electron chi connectivity index (χ4n) is 3.19. The van der Waals surface area contributed by atoms with E-state index in [1.165, 1.54) is 24.3 Å². The molecule has 1 aromatic carbocycles. The average Bonchev–Trinajstić information content (AvgIpc) is 3.26. The number of piperidine rings is 1. The first-order valence-electron chi connectivity index (χ1n) is 9.60. The van der Waals surface area contributed by atoms with Crippen molar-refractivity contribution in [1.82, 2.24) is 25.4 Å². The van der Waals surface area contributed by atoms with Gasteiger partial charge in [-0.05, 0) is 55.3 Å². The lowest BCUT2D eigenvalue weighted by Crippen LogP contribution is -2.32. The molecule has 0 saturated carbocycles. The number of halogens is 2. The average molecular weight is 432 g/mol. The van der Waals surface area contributed by atoms with Crippen LogP contribution in [0.3, 0.4) is 0 Å². The Balaban J connectivity index is 0.00000256. The number of benzene rings is 1. The number of rotatable bonds is 6. The molecule has 2 N–H and O–H groups in total. The summed E-state index contributed by atoms with van der Waals surface area (Å²) in [6.07, 6.45) is 5.66. The third-order valence-electron chi connectivity index (χ3n) is 4.77. The molecule has 3 heterocycles. The van der Waals surface area contributed by atoms with E-state index < -0.39 is 0 Å². The number of nitrogens with one attached hydrogen (secondary N) is 2. The molecule has 1 aliphatic heterocycles. The zero-order chi connectivity index (χ0) is 20.1. The van der Waals surface area contributed by atoms with Gasteiger partial charge in [0.05, 0.1) is 6.04 Å². The lowest BCUT2D eigenvalue weighted by atomic mass is 10.1. The van der Waals surface area contributed by atoms with Gasteiger partial charge in [-0.1, -0.05) is 6.07 Å². The maximum absolute atomic E-state index is 12.9. The minimum atomic E-state index is -0.323. The van der Waals surface area contributed by atoms with Gasteiger partial charge in [0.25, 0.3) is 5.91 Å². The third-order valence-corrected chi connectivity index (χ3v) is 4.77. The number of ether oxygens (including phenoxy) is 1. The van der Waals surface area contributed by atoms with Crippen LogP contribution in [0.4, 0.5) is 4.39 Å². The van der Waals surface area contributed by atoms with Crippen LogP contribution < -0.4 is 15.4 Å². The Labute approximate surface area is 180 Å². The molecule has 1 saturated heterocycles. The van der Waals surface area contributed by atoms with Gasteiger partial charge in [0.15, 0.2) is 0 Å². The van der Waals surface area contributed by atoms with Crippen molar-refractivity contribution in [3.05, 3.63) is 71.9 Å². The molecule has 9 heteroatoms. The van der Waals surface area contributed by atoms with E-state index in [1.54, 1.807) is 18.3 Å². The zero-order valence-corrected chi connectivity index (χ0v) is 17.1. The molecule has 3 aromatic rings. The molecule has 1 amide bonds. The predicted molar refractivity (Wildman–Crippen MR) is 112 cm³/mol. The molecule has 0 aliphatic carbocycles. The maximum atomic E-state index is 12.9. The molecule has 4 rings (SSSR count). The number of pyridine rings is 1. The van der Waals surface area contributed by atoms with Crippen molar-refractivity contribution in [2.45, 2.75) is 25.4 Å². The second-order valence-electron chi connectivity index (χ2n) is 6.92. The van der Waals surface area contributed by atoms with Crippen LogP contribution in [0.1, 0.15) is 34.9 Å². The summed E-state index contributed by atoms with van der Waals surface area (Å²) < 4.78 is 20.4. The van der Waals surface area contributed by atoms with Crippen LogP contribution in [0.25, 0.3) is 0 Å². The Bertz CT molecular complexity index is 956. The minimum Gasteiger partial charge on any atom is -0.439 e. The first-order chi connectivity index (χ1) is 14.2. The Morgan fingerprint density at radius 1 is 1.23 bits per heavy atom. The first kappa shape index (κ1) is 21.7. The fourth-order valence-corrected chi connectivity index (χ4v) is 3.19. The van der Waals surface area contributed by atoms with Gasteiger partial charge in [-0.15, -0.1) is 12.4 Å². The van der Waals surface area contributed by atoms with E-state index in [2.05, 4.69) is 20.7 Å². The van der Waals surface area contributed by atoms with E-state index in [4.69, 9.17) is 4.74 Å². The predicted octanol–water partition coefficient (Wildman–Crippen LogP) is 3.49. The lowest BCUT2D eigenvalue weighted by molar-refractivity contribution is 0.0944. The van der Waals surface area contributed by atoms with Crippen molar-refractivity contribution in [1.29, 1.82) is 0 Å². The second kappa shape index (κ2) is 10.2. The summed E-state index contributed by atoms with van der Waals surface area (Å²) in [5, 5.41) is 10.6. The molecule has 30 heavy (non-hydrogen) atoms. The maximum Gasteiger partial charge on any atom is 0.272 e. The van der Waals surface area contributed by atoms with Crippen molar-refractivity contribution in [3.8, 4) is 11.6 Å². The summed E-state index contributed by atoms with van der Waals surface area (Å²) >= 11 is 0. The van der Waals surface area contributed by atoms with E-state index in [9.17, 15) is 9.18 Å². The lowest BCUT2D eigenvalue weighted by Gasteiger charge is -2.22. The summed E-state index contributed by atoms with van der Waals surface area (Å²) in [4.78, 5) is 16.6. The molecule has 0 bridgehead atoms. The number of nitrogens with zero attached hydrogens (tertiary/aromatic N) is 3. The molecule has 158 valence electrons. The number of carbonyl (C=O) groups excluding carboxylic acids is 1. The highest BCUT2D eigenvalue weighted by atomic mass is 35.5. The fraction of sp³-hybridized carbons (Fsp3) is 0.286. The van der Waals surface area contributed by atoms with Gasteiger partial charge in [0.2, 0.25) is 5.88 Å². The van der Waals surface area contributed by atoms with Gasteiger partial charge >= 0.3 is 0 Å². The number of carbonyl (C=O) groups is 1. The van der Waals surface area contributed by atoms with Crippen LogP contribution in [0.5, 0.6) is 11.6 Å². The molecular weight excluding hydrogens is 409 g/mol. The minimum absolute atomic E-state index is 0. The molecule has 0 radical (unpaired) electrons. The summed E-state index contributed by atoms with van der Waals surface area (Å²) in [5.74, 6) is 0.353. The molecule has 1 unspecified atom stereocenters. The Hall–Kier alpha value is -2.97. The summed E-state index contributed by atoms with van der Waals surface area (Å²) in [6, 6.07) is 11.3. The number of aromatic nitrogens is 3. The molecule has 1 atom stereocenters. The van der Waals surface area contributed by atoms with E-state index in [0.717, 1.165) is 31.5 Å². The SMILES string of the molecule is Cl.O=C(NCc1ccc(Oc2ccc(F)cc2)nc1)c1ccn(C2CCCNC2)n1. The van der Waals surface area contributed by atoms with Crippen molar-refractivity contribution in [2.24, 2.45) is 0 Å². The summed E-state index contributed by atoms with van der Waals surface area (Å²) in [7, 11) is 0. The van der Waals surface area contributed by atoms with Crippen LogP contribution in [-0.4, -0.2) is 33.8 Å². The van der Waals surface area contributed by atoms with E-state index in [-0.39, 0.29) is 24.1 Å². The van der Waals surface area contributed by atoms with Gasteiger partial charge in [-0.2, -0.15) is 5.10 Å². The van der Waals surface area contributed by atoms with Gasteiger partial charge in [0.1, 0.15) is 17.3 Å². The van der Waals surface area contributed by atoms with Gasteiger partial charge in [-0.3, -0.25) is 9.48 Å². The molecule has 7 nitrogen and oxygen atoms in total. The van der Waals surface area contributed by atoms with Crippen molar-refractivity contribution in [3.63, 3.8) is 0 Å². The van der Waals surface area contributed by atoms with Crippen LogP contribution in [0, 0.1) is 5.82 Å². The normalized spacial score (nSPS) is 15.8. The van der Waals surface area contributed by atoms with Gasteiger partial charge in [0, 0.05) is 31.5 Å². The monoisotopic (exact) mass is 431 g/mol. The van der Waals surface area contributed by atoms with Gasteiger partial charge < -0.3 is 15.4 Å². The van der Waals surface area contributed by atoms with Crippen LogP contribution in [0.2, 0.25) is 0 Å². The topological polar surface area (TPSA) is 81.1 Å². The van der Waals surface area contributed by atoms with E-state index in [0.29, 0.717) is 29.9 Å². The quantitative estimate of drug-likeness (QED) is 0.624. The van der Waals surface area contributed by atoms with E-state index in [1.807, 2.05) is 16.9 Å². The Morgan fingerprint density at radius 2 is 2.07 bits per heavy atom. The molecule has 1 fully saturated rings. The van der Waals surface area contributed by atoms with Crippen LogP contribution in [0.15, 0.2) is 54.9 Å². The van der Waals surface area contributed by atoms with Crippen molar-refractivity contribution < 1.29 is 13.9 Å². The Kier molecular flexibility index (Phi) is 7.37. The van der Waals surface area contributed by atoms with Crippen molar-refractivity contribution in [2.75, 3.05) is 13.1 Å². The third kappa shape index (κ3) is 5.55. The highest BCUT2D eigenvalue weighted by Crippen LogP contribution is 2.19. The second-order valence-corrected chi connectivity index (χ2v) is 6.92. The number of hydrogen-bond donors (Lipinski definition) is 2. The first-order valence-corrected chi connectivity index (χ1v) is 9.60. The standard InChI is InChI=1S/C21H22FN5O2.ClH/c22-16-4-6-18(7-5-16)29-20-8-3-15(12-24-20)13-25-21(28)19-9-11-27(26-19)17-2-1-10-23-14-17;/h3-9,11-12,17,23H,1-2,10,13-14H2,(H,25,28);1H. The van der Waals surface area contributed by atoms with E-state index >= 15 is 0 Å². The highest BCUT2D eigenvalue weighted by Gasteiger charge is 2.17. The van der Waals surface area contributed by atoms with Gasteiger partial charge in [-0.25, -0.2) is 9.37 Å². The smallest absolute Gasteiger partial charge is 0.272 e. The summed E-state index contributed by atoms with van der Waals surface area (Å²) in [5.41, 5.74) is 1.24. The summed E-state index contributed by atoms with van der Waals surface area (Å²) in [6.45, 7) is 2.24. The molecule has 0 spiro atoms. The number of hydrogen-bond acceptors (Lipinski definition) is 5. The van der Waals surface area contributed by atoms with Crippen LogP contribution >= 0.6 is 12.4 Å². The number of amides is 1. The zero-order valence-electron chi connectivity index (χ0n) is 16.3. The highest BCUT2D eigenvalue weighted by molar-refractivity contribution is 5.92. The molecule has 2 aromatic heterocycles. The largest absolute Gasteiger partial charge is 0.439 e. The van der Waals surface area contributed by atoms with Crippen LogP contribution in [-0.2, 0) is 6.54 Å². The van der Waals surface area contributed by atoms with Crippen molar-refractivity contribution >= 4 is 18.3 Å².